The fourth-order valence-corrected chi connectivity index (χ4v) is 2.84. The van der Waals surface area contributed by atoms with Gasteiger partial charge < -0.3 is 5.11 Å². The zero-order valence-corrected chi connectivity index (χ0v) is 11.4. The molecule has 20 heavy (non-hydrogen) atoms. The summed E-state index contributed by atoms with van der Waals surface area (Å²) in [6, 6.07) is 16.7. The number of benzene rings is 3. The molecule has 2 nitrogen and oxygen atoms in total. The lowest BCUT2D eigenvalue weighted by atomic mass is 9.93. The minimum Gasteiger partial charge on any atom is -0.481 e. The molecule has 3 rings (SSSR count). The summed E-state index contributed by atoms with van der Waals surface area (Å²) in [5, 5.41) is 13.7. The van der Waals surface area contributed by atoms with Gasteiger partial charge in [-0.2, -0.15) is 0 Å². The quantitative estimate of drug-likeness (QED) is 0.715. The first-order chi connectivity index (χ1) is 9.66. The molecule has 0 amide bonds. The molecule has 0 aromatic heterocycles. The number of hydrogen-bond acceptors (Lipinski definition) is 1. The second kappa shape index (κ2) is 4.97. The van der Waals surface area contributed by atoms with Crippen molar-refractivity contribution in [2.24, 2.45) is 0 Å². The number of aryl methyl sites for hydroxylation is 2. The van der Waals surface area contributed by atoms with Crippen LogP contribution in [0, 0.1) is 6.92 Å². The summed E-state index contributed by atoms with van der Waals surface area (Å²) in [4.78, 5) is 10.8. The highest BCUT2D eigenvalue weighted by atomic mass is 16.4. The monoisotopic (exact) mass is 264 g/mol. The van der Waals surface area contributed by atoms with Crippen molar-refractivity contribution >= 4 is 27.5 Å². The maximum Gasteiger partial charge on any atom is 0.303 e. The Morgan fingerprint density at radius 2 is 1.75 bits per heavy atom. The predicted octanol–water partition coefficient (Wildman–Crippen LogP) is 4.32. The van der Waals surface area contributed by atoms with Crippen molar-refractivity contribution in [1.82, 2.24) is 0 Å². The average Bonchev–Trinajstić information content (AvgIpc) is 2.45. The molecule has 100 valence electrons. The Morgan fingerprint density at radius 1 is 1.00 bits per heavy atom. The molecule has 0 unspecified atom stereocenters. The van der Waals surface area contributed by atoms with E-state index in [0.29, 0.717) is 6.42 Å². The molecule has 0 aliphatic rings. The molecule has 0 saturated carbocycles. The van der Waals surface area contributed by atoms with Gasteiger partial charge in [0, 0.05) is 6.42 Å². The van der Waals surface area contributed by atoms with Gasteiger partial charge in [-0.3, -0.25) is 4.79 Å². The molecule has 0 fully saturated rings. The van der Waals surface area contributed by atoms with Crippen molar-refractivity contribution in [3.8, 4) is 0 Å². The molecule has 1 N–H and O–H groups in total. The molecular formula is C18H16O2. The minimum atomic E-state index is -0.750. The van der Waals surface area contributed by atoms with E-state index in [0.717, 1.165) is 5.56 Å². The largest absolute Gasteiger partial charge is 0.481 e. The Kier molecular flexibility index (Phi) is 3.15. The normalized spacial score (nSPS) is 11.1. The van der Waals surface area contributed by atoms with Gasteiger partial charge in [0.25, 0.3) is 0 Å². The van der Waals surface area contributed by atoms with Crippen molar-refractivity contribution in [3.63, 3.8) is 0 Å². The summed E-state index contributed by atoms with van der Waals surface area (Å²) >= 11 is 0. The highest BCUT2D eigenvalue weighted by molar-refractivity contribution is 6.03. The van der Waals surface area contributed by atoms with Crippen LogP contribution < -0.4 is 0 Å². The van der Waals surface area contributed by atoms with E-state index < -0.39 is 5.97 Å². The van der Waals surface area contributed by atoms with E-state index in [1.54, 1.807) is 0 Å². The lowest BCUT2D eigenvalue weighted by Gasteiger charge is -2.11. The maximum absolute atomic E-state index is 10.8. The second-order valence-corrected chi connectivity index (χ2v) is 5.13. The molecule has 0 atom stereocenters. The third-order valence-corrected chi connectivity index (χ3v) is 3.87. The van der Waals surface area contributed by atoms with Crippen LogP contribution in [0.15, 0.2) is 48.5 Å². The highest BCUT2D eigenvalue weighted by Gasteiger charge is 2.08. The van der Waals surface area contributed by atoms with Crippen LogP contribution >= 0.6 is 0 Å². The van der Waals surface area contributed by atoms with E-state index in [-0.39, 0.29) is 6.42 Å². The van der Waals surface area contributed by atoms with Gasteiger partial charge in [-0.1, -0.05) is 42.5 Å². The number of carboxylic acids is 1. The van der Waals surface area contributed by atoms with E-state index in [1.165, 1.54) is 27.1 Å². The summed E-state index contributed by atoms with van der Waals surface area (Å²) < 4.78 is 0. The molecule has 3 aromatic rings. The van der Waals surface area contributed by atoms with Crippen LogP contribution in [0.4, 0.5) is 0 Å². The molecule has 0 radical (unpaired) electrons. The number of hydrogen-bond donors (Lipinski definition) is 1. The first-order valence-corrected chi connectivity index (χ1v) is 6.78. The first kappa shape index (κ1) is 12.7. The third kappa shape index (κ3) is 2.14. The van der Waals surface area contributed by atoms with Gasteiger partial charge in [-0.15, -0.1) is 0 Å². The van der Waals surface area contributed by atoms with Gasteiger partial charge >= 0.3 is 5.97 Å². The molecule has 0 bridgehead atoms. The van der Waals surface area contributed by atoms with Crippen molar-refractivity contribution in [3.05, 3.63) is 59.7 Å². The number of rotatable bonds is 3. The molecule has 0 heterocycles. The van der Waals surface area contributed by atoms with E-state index in [2.05, 4.69) is 37.3 Å². The summed E-state index contributed by atoms with van der Waals surface area (Å²) in [7, 11) is 0. The van der Waals surface area contributed by atoms with Crippen LogP contribution in [0.25, 0.3) is 21.5 Å². The van der Waals surface area contributed by atoms with Crippen molar-refractivity contribution in [2.75, 3.05) is 0 Å². The third-order valence-electron chi connectivity index (χ3n) is 3.87. The van der Waals surface area contributed by atoms with Gasteiger partial charge in [-0.05, 0) is 52.1 Å². The van der Waals surface area contributed by atoms with Crippen LogP contribution in [0.5, 0.6) is 0 Å². The Bertz CT molecular complexity index is 803. The smallest absolute Gasteiger partial charge is 0.303 e. The predicted molar refractivity (Wildman–Crippen MR) is 82.1 cm³/mol. The number of carbonyl (C=O) groups is 1. The maximum atomic E-state index is 10.8. The minimum absolute atomic E-state index is 0.172. The van der Waals surface area contributed by atoms with Crippen LogP contribution in [-0.4, -0.2) is 11.1 Å². The highest BCUT2D eigenvalue weighted by Crippen LogP contribution is 2.30. The van der Waals surface area contributed by atoms with Gasteiger partial charge in [-0.25, -0.2) is 0 Å². The topological polar surface area (TPSA) is 37.3 Å². The van der Waals surface area contributed by atoms with Crippen LogP contribution in [0.3, 0.4) is 0 Å². The SMILES string of the molecule is Cc1c2ccccc2cc2c(CCC(=O)O)cccc12. The average molecular weight is 264 g/mol. The van der Waals surface area contributed by atoms with Crippen molar-refractivity contribution < 1.29 is 9.90 Å². The van der Waals surface area contributed by atoms with E-state index in [1.807, 2.05) is 18.2 Å². The molecule has 2 heteroatoms. The molecule has 0 saturated heterocycles. The summed E-state index contributed by atoms with van der Waals surface area (Å²) in [6.45, 7) is 2.13. The number of aliphatic carboxylic acids is 1. The standard InChI is InChI=1S/C18H16O2/c1-12-15-7-3-2-5-14(15)11-17-13(9-10-18(19)20)6-4-8-16(12)17/h2-8,11H,9-10H2,1H3,(H,19,20). The summed E-state index contributed by atoms with van der Waals surface area (Å²) in [6.07, 6.45) is 0.745. The number of fused-ring (bicyclic) bond motifs is 2. The summed E-state index contributed by atoms with van der Waals surface area (Å²) in [5.74, 6) is -0.750. The van der Waals surface area contributed by atoms with Gasteiger partial charge in [0.05, 0.1) is 0 Å². The van der Waals surface area contributed by atoms with Crippen LogP contribution in [-0.2, 0) is 11.2 Å². The molecule has 0 aliphatic heterocycles. The van der Waals surface area contributed by atoms with Crippen LogP contribution in [0.2, 0.25) is 0 Å². The molecular weight excluding hydrogens is 248 g/mol. The van der Waals surface area contributed by atoms with Gasteiger partial charge in [0.1, 0.15) is 0 Å². The Morgan fingerprint density at radius 3 is 2.55 bits per heavy atom. The Balaban J connectivity index is 2.25. The van der Waals surface area contributed by atoms with E-state index >= 15 is 0 Å². The van der Waals surface area contributed by atoms with Crippen molar-refractivity contribution in [2.45, 2.75) is 19.8 Å². The fraction of sp³-hybridized carbons (Fsp3) is 0.167. The van der Waals surface area contributed by atoms with Crippen molar-refractivity contribution in [1.29, 1.82) is 0 Å². The molecule has 0 aliphatic carbocycles. The van der Waals surface area contributed by atoms with Crippen LogP contribution in [0.1, 0.15) is 17.5 Å². The lowest BCUT2D eigenvalue weighted by molar-refractivity contribution is -0.136. The molecule has 3 aromatic carbocycles. The lowest BCUT2D eigenvalue weighted by Crippen LogP contribution is -1.98. The van der Waals surface area contributed by atoms with E-state index in [9.17, 15) is 4.79 Å². The zero-order valence-electron chi connectivity index (χ0n) is 11.4. The fourth-order valence-electron chi connectivity index (χ4n) is 2.84. The number of carboxylic acid groups (broad SMARTS) is 1. The van der Waals surface area contributed by atoms with Gasteiger partial charge in [0.15, 0.2) is 0 Å². The summed E-state index contributed by atoms with van der Waals surface area (Å²) in [5.41, 5.74) is 2.37. The Hall–Kier alpha value is -2.35. The van der Waals surface area contributed by atoms with Gasteiger partial charge in [0.2, 0.25) is 0 Å². The molecule has 0 spiro atoms. The first-order valence-electron chi connectivity index (χ1n) is 6.78. The van der Waals surface area contributed by atoms with E-state index in [4.69, 9.17) is 5.11 Å². The Labute approximate surface area is 117 Å². The zero-order chi connectivity index (χ0) is 14.1. The second-order valence-electron chi connectivity index (χ2n) is 5.13.